The monoisotopic (exact) mass is 364 g/mol. The molecule has 0 N–H and O–H groups in total. The van der Waals surface area contributed by atoms with Crippen LogP contribution in [-0.2, 0) is 15.3 Å². The summed E-state index contributed by atoms with van der Waals surface area (Å²) in [5.74, 6) is 2.96. The maximum Gasteiger partial charge on any atom is 0.181 e. The number of thioether (sulfide) groups is 2. The Morgan fingerprint density at radius 3 is 2.79 bits per heavy atom. The van der Waals surface area contributed by atoms with Gasteiger partial charge in [-0.3, -0.25) is 4.79 Å². The molecule has 1 heterocycles. The lowest BCUT2D eigenvalue weighted by molar-refractivity contribution is -0.131. The van der Waals surface area contributed by atoms with Crippen molar-refractivity contribution in [3.05, 3.63) is 35.9 Å². The largest absolute Gasteiger partial charge is 0.356 e. The molecule has 2 fully saturated rings. The number of hydrogen-bond acceptors (Lipinski definition) is 4. The van der Waals surface area contributed by atoms with E-state index in [-0.39, 0.29) is 22.1 Å². The number of hydrogen-bond donors (Lipinski definition) is 0. The fraction of sp³-hybridized carbons (Fsp3) is 0.650. The van der Waals surface area contributed by atoms with Crippen molar-refractivity contribution >= 4 is 29.3 Å². The minimum atomic E-state index is -0.283. The number of ketones is 1. The third-order valence-corrected chi connectivity index (χ3v) is 7.80. The SMILES string of the molecule is C[C@@H]1CC[C@@H]2[C@@H](C1)O[C@H](C(=O)CSCc1ccccc1)SC2(C)C. The fourth-order valence-electron chi connectivity index (χ4n) is 3.88. The predicted octanol–water partition coefficient (Wildman–Crippen LogP) is 5.16. The van der Waals surface area contributed by atoms with Gasteiger partial charge in [0.2, 0.25) is 0 Å². The third-order valence-electron chi connectivity index (χ3n) is 5.27. The first-order valence-electron chi connectivity index (χ1n) is 8.93. The highest BCUT2D eigenvalue weighted by atomic mass is 32.2. The molecular formula is C20H28O2S2. The molecule has 1 aromatic carbocycles. The molecule has 1 saturated heterocycles. The summed E-state index contributed by atoms with van der Waals surface area (Å²) < 4.78 is 6.39. The van der Waals surface area contributed by atoms with Gasteiger partial charge in [0, 0.05) is 10.5 Å². The van der Waals surface area contributed by atoms with Crippen LogP contribution in [0, 0.1) is 11.8 Å². The average Bonchev–Trinajstić information content (AvgIpc) is 2.54. The molecule has 0 spiro atoms. The molecule has 24 heavy (non-hydrogen) atoms. The van der Waals surface area contributed by atoms with E-state index in [1.165, 1.54) is 18.4 Å². The van der Waals surface area contributed by atoms with Crippen molar-refractivity contribution in [3.8, 4) is 0 Å². The topological polar surface area (TPSA) is 26.3 Å². The summed E-state index contributed by atoms with van der Waals surface area (Å²) in [6, 6.07) is 10.3. The van der Waals surface area contributed by atoms with Gasteiger partial charge in [-0.15, -0.1) is 23.5 Å². The van der Waals surface area contributed by atoms with Gasteiger partial charge in [-0.2, -0.15) is 0 Å². The summed E-state index contributed by atoms with van der Waals surface area (Å²) in [6.45, 7) is 6.90. The van der Waals surface area contributed by atoms with Gasteiger partial charge in [0.15, 0.2) is 11.2 Å². The van der Waals surface area contributed by atoms with Crippen LogP contribution in [0.4, 0.5) is 0 Å². The molecule has 4 heteroatoms. The lowest BCUT2D eigenvalue weighted by atomic mass is 9.75. The standard InChI is InChI=1S/C20H28O2S2/c1-14-9-10-16-18(11-14)22-19(24-20(16,2)3)17(21)13-23-12-15-7-5-4-6-8-15/h4-8,14,16,18-19H,9-13H2,1-3H3/t14-,16-,18-,19+/m1/s1. The summed E-state index contributed by atoms with van der Waals surface area (Å²) >= 11 is 3.44. The molecule has 0 bridgehead atoms. The second-order valence-corrected chi connectivity index (χ2v) is 10.4. The number of ether oxygens (including phenoxy) is 1. The summed E-state index contributed by atoms with van der Waals surface area (Å²) in [5, 5.41) is 0. The second kappa shape index (κ2) is 7.84. The van der Waals surface area contributed by atoms with Crippen LogP contribution in [0.25, 0.3) is 0 Å². The molecule has 1 saturated carbocycles. The quantitative estimate of drug-likeness (QED) is 0.721. The van der Waals surface area contributed by atoms with E-state index in [0.717, 1.165) is 12.2 Å². The highest BCUT2D eigenvalue weighted by Gasteiger charge is 2.47. The van der Waals surface area contributed by atoms with E-state index >= 15 is 0 Å². The number of benzene rings is 1. The maximum absolute atomic E-state index is 12.7. The van der Waals surface area contributed by atoms with E-state index in [1.54, 1.807) is 23.5 Å². The Bertz CT molecular complexity index is 558. The normalized spacial score (nSPS) is 32.1. The number of fused-ring (bicyclic) bond motifs is 1. The van der Waals surface area contributed by atoms with Crippen LogP contribution in [0.1, 0.15) is 45.6 Å². The van der Waals surface area contributed by atoms with Crippen molar-refractivity contribution in [1.29, 1.82) is 0 Å². The predicted molar refractivity (Wildman–Crippen MR) is 104 cm³/mol. The number of rotatable bonds is 5. The van der Waals surface area contributed by atoms with Crippen molar-refractivity contribution < 1.29 is 9.53 Å². The molecule has 0 radical (unpaired) electrons. The summed E-state index contributed by atoms with van der Waals surface area (Å²) in [4.78, 5) is 12.7. The zero-order valence-corrected chi connectivity index (χ0v) is 16.5. The molecule has 1 aliphatic carbocycles. The van der Waals surface area contributed by atoms with Crippen LogP contribution in [0.2, 0.25) is 0 Å². The molecule has 0 aromatic heterocycles. The minimum absolute atomic E-state index is 0.132. The molecule has 1 aliphatic heterocycles. The Kier molecular flexibility index (Phi) is 5.99. The highest BCUT2D eigenvalue weighted by molar-refractivity contribution is 8.02. The van der Waals surface area contributed by atoms with E-state index < -0.39 is 0 Å². The Hall–Kier alpha value is -0.450. The Morgan fingerprint density at radius 1 is 1.29 bits per heavy atom. The molecule has 0 amide bonds. The summed E-state index contributed by atoms with van der Waals surface area (Å²) in [7, 11) is 0. The Labute approximate surface area is 154 Å². The number of carbonyl (C=O) groups excluding carboxylic acids is 1. The molecule has 2 aliphatic rings. The van der Waals surface area contributed by atoms with E-state index in [0.29, 0.717) is 17.6 Å². The van der Waals surface area contributed by atoms with Gasteiger partial charge in [0.1, 0.15) is 0 Å². The minimum Gasteiger partial charge on any atom is -0.356 e. The van der Waals surface area contributed by atoms with Crippen LogP contribution < -0.4 is 0 Å². The second-order valence-electron chi connectivity index (χ2n) is 7.70. The van der Waals surface area contributed by atoms with E-state index in [2.05, 4.69) is 32.9 Å². The van der Waals surface area contributed by atoms with Crippen molar-refractivity contribution in [2.75, 3.05) is 5.75 Å². The van der Waals surface area contributed by atoms with Gasteiger partial charge in [0.25, 0.3) is 0 Å². The number of Topliss-reactive ketones (excluding diaryl/α,β-unsaturated/α-hetero) is 1. The van der Waals surface area contributed by atoms with Crippen molar-refractivity contribution in [2.24, 2.45) is 11.8 Å². The van der Waals surface area contributed by atoms with E-state index in [4.69, 9.17) is 4.74 Å². The lowest BCUT2D eigenvalue weighted by Crippen LogP contribution is -2.50. The van der Waals surface area contributed by atoms with E-state index in [9.17, 15) is 4.79 Å². The van der Waals surface area contributed by atoms with Crippen LogP contribution in [0.5, 0.6) is 0 Å². The van der Waals surface area contributed by atoms with Crippen molar-refractivity contribution in [3.63, 3.8) is 0 Å². The molecule has 1 aromatic rings. The molecule has 2 nitrogen and oxygen atoms in total. The van der Waals surface area contributed by atoms with Crippen LogP contribution >= 0.6 is 23.5 Å². The zero-order chi connectivity index (χ0) is 17.2. The third kappa shape index (κ3) is 4.39. The first-order valence-corrected chi connectivity index (χ1v) is 11.0. The van der Waals surface area contributed by atoms with Gasteiger partial charge in [-0.05, 0) is 30.2 Å². The Balaban J connectivity index is 1.55. The first kappa shape index (κ1) is 18.3. The van der Waals surface area contributed by atoms with Crippen molar-refractivity contribution in [2.45, 2.75) is 62.1 Å². The number of carbonyl (C=O) groups is 1. The molecule has 4 atom stereocenters. The molecule has 132 valence electrons. The molecular weight excluding hydrogens is 336 g/mol. The highest BCUT2D eigenvalue weighted by Crippen LogP contribution is 2.50. The summed E-state index contributed by atoms with van der Waals surface area (Å²) in [5.41, 5.74) is 0.990. The maximum atomic E-state index is 12.7. The zero-order valence-electron chi connectivity index (χ0n) is 14.9. The van der Waals surface area contributed by atoms with Gasteiger partial charge in [-0.25, -0.2) is 0 Å². The Morgan fingerprint density at radius 2 is 2.04 bits per heavy atom. The van der Waals surface area contributed by atoms with Crippen LogP contribution in [-0.4, -0.2) is 27.8 Å². The van der Waals surface area contributed by atoms with Gasteiger partial charge >= 0.3 is 0 Å². The van der Waals surface area contributed by atoms with Crippen LogP contribution in [0.15, 0.2) is 30.3 Å². The lowest BCUT2D eigenvalue weighted by Gasteiger charge is -2.49. The smallest absolute Gasteiger partial charge is 0.181 e. The molecule has 0 unspecified atom stereocenters. The summed E-state index contributed by atoms with van der Waals surface area (Å²) in [6.07, 6.45) is 3.89. The van der Waals surface area contributed by atoms with Gasteiger partial charge in [-0.1, -0.05) is 57.5 Å². The van der Waals surface area contributed by atoms with Gasteiger partial charge in [0.05, 0.1) is 11.9 Å². The van der Waals surface area contributed by atoms with E-state index in [1.807, 2.05) is 18.2 Å². The van der Waals surface area contributed by atoms with Crippen LogP contribution in [0.3, 0.4) is 0 Å². The van der Waals surface area contributed by atoms with Gasteiger partial charge < -0.3 is 4.74 Å². The fourth-order valence-corrected chi connectivity index (χ4v) is 6.27. The van der Waals surface area contributed by atoms with Crippen molar-refractivity contribution in [1.82, 2.24) is 0 Å². The average molecular weight is 365 g/mol. The molecule has 3 rings (SSSR count). The first-order chi connectivity index (χ1) is 11.5.